The van der Waals surface area contributed by atoms with E-state index in [0.29, 0.717) is 9.91 Å². The smallest absolute Gasteiger partial charge is 0.406 e. The zero-order valence-corrected chi connectivity index (χ0v) is 11.3. The Bertz CT molecular complexity index is 578. The van der Waals surface area contributed by atoms with Crippen molar-refractivity contribution in [3.05, 3.63) is 40.2 Å². The standard InChI is InChI=1S/C12H11F3N2O2S/c1-8-16-10(6-20-8)11(18)17(7-12(13,14)15)5-9-3-2-4-19-9/h2-4,6H,5,7H2,1H3. The Balaban J connectivity index is 2.19. The van der Waals surface area contributed by atoms with Crippen molar-refractivity contribution in [3.8, 4) is 0 Å². The van der Waals surface area contributed by atoms with Gasteiger partial charge in [0.25, 0.3) is 5.91 Å². The lowest BCUT2D eigenvalue weighted by atomic mass is 10.3. The molecule has 0 aliphatic carbocycles. The van der Waals surface area contributed by atoms with Crippen LogP contribution in [0.5, 0.6) is 0 Å². The lowest BCUT2D eigenvalue weighted by Gasteiger charge is -2.22. The van der Waals surface area contributed by atoms with Crippen LogP contribution in [0.2, 0.25) is 0 Å². The first-order valence-corrected chi connectivity index (χ1v) is 6.53. The molecule has 0 N–H and O–H groups in total. The van der Waals surface area contributed by atoms with Gasteiger partial charge in [0.05, 0.1) is 17.8 Å². The van der Waals surface area contributed by atoms with E-state index in [-0.39, 0.29) is 18.0 Å². The van der Waals surface area contributed by atoms with Crippen LogP contribution < -0.4 is 0 Å². The molecular weight excluding hydrogens is 293 g/mol. The molecule has 0 fully saturated rings. The van der Waals surface area contributed by atoms with Crippen molar-refractivity contribution >= 4 is 17.2 Å². The summed E-state index contributed by atoms with van der Waals surface area (Å²) < 4.78 is 42.7. The predicted molar refractivity (Wildman–Crippen MR) is 66.4 cm³/mol. The third-order valence-corrected chi connectivity index (χ3v) is 3.20. The molecule has 20 heavy (non-hydrogen) atoms. The quantitative estimate of drug-likeness (QED) is 0.871. The van der Waals surface area contributed by atoms with E-state index in [0.717, 1.165) is 0 Å². The summed E-state index contributed by atoms with van der Waals surface area (Å²) in [4.78, 5) is 16.7. The first-order valence-electron chi connectivity index (χ1n) is 5.66. The molecule has 0 saturated carbocycles. The molecule has 0 radical (unpaired) electrons. The lowest BCUT2D eigenvalue weighted by Crippen LogP contribution is -2.38. The number of halogens is 3. The summed E-state index contributed by atoms with van der Waals surface area (Å²) in [5, 5.41) is 2.07. The molecule has 4 nitrogen and oxygen atoms in total. The van der Waals surface area contributed by atoms with Gasteiger partial charge in [-0.25, -0.2) is 4.98 Å². The first kappa shape index (κ1) is 14.6. The van der Waals surface area contributed by atoms with E-state index in [1.165, 1.54) is 29.0 Å². The van der Waals surface area contributed by atoms with Gasteiger partial charge in [-0.05, 0) is 19.1 Å². The molecule has 2 aromatic heterocycles. The molecule has 1 amide bonds. The Labute approximate surface area is 116 Å². The number of furan rings is 1. The molecule has 0 unspecified atom stereocenters. The molecule has 2 aromatic rings. The van der Waals surface area contributed by atoms with Gasteiger partial charge in [-0.3, -0.25) is 4.79 Å². The minimum absolute atomic E-state index is 0.0170. The molecule has 0 bridgehead atoms. The molecule has 8 heteroatoms. The maximum Gasteiger partial charge on any atom is 0.406 e. The number of rotatable bonds is 4. The minimum atomic E-state index is -4.48. The van der Waals surface area contributed by atoms with E-state index < -0.39 is 18.6 Å². The van der Waals surface area contributed by atoms with Crippen LogP contribution in [0.15, 0.2) is 28.2 Å². The molecule has 0 atom stereocenters. The van der Waals surface area contributed by atoms with Crippen molar-refractivity contribution in [2.45, 2.75) is 19.6 Å². The Kier molecular flexibility index (Phi) is 4.12. The Morgan fingerprint density at radius 1 is 1.50 bits per heavy atom. The largest absolute Gasteiger partial charge is 0.467 e. The van der Waals surface area contributed by atoms with Crippen molar-refractivity contribution in [3.63, 3.8) is 0 Å². The Morgan fingerprint density at radius 2 is 2.25 bits per heavy atom. The highest BCUT2D eigenvalue weighted by atomic mass is 32.1. The third kappa shape index (κ3) is 3.83. The van der Waals surface area contributed by atoms with Crippen LogP contribution in [0.4, 0.5) is 13.2 Å². The van der Waals surface area contributed by atoms with Gasteiger partial charge in [-0.1, -0.05) is 0 Å². The summed E-state index contributed by atoms with van der Waals surface area (Å²) in [6, 6.07) is 3.07. The summed E-state index contributed by atoms with van der Waals surface area (Å²) in [7, 11) is 0. The van der Waals surface area contributed by atoms with Crippen LogP contribution in [0.25, 0.3) is 0 Å². The molecule has 2 heterocycles. The van der Waals surface area contributed by atoms with Gasteiger partial charge in [0.2, 0.25) is 0 Å². The molecule has 0 aliphatic rings. The average Bonchev–Trinajstić information content (AvgIpc) is 2.97. The zero-order chi connectivity index (χ0) is 14.8. The van der Waals surface area contributed by atoms with Crippen molar-refractivity contribution in [2.75, 3.05) is 6.54 Å². The van der Waals surface area contributed by atoms with Gasteiger partial charge in [-0.15, -0.1) is 11.3 Å². The van der Waals surface area contributed by atoms with Gasteiger partial charge in [0, 0.05) is 5.38 Å². The molecule has 0 spiro atoms. The van der Waals surface area contributed by atoms with Crippen LogP contribution in [-0.2, 0) is 6.54 Å². The van der Waals surface area contributed by atoms with Crippen LogP contribution >= 0.6 is 11.3 Å². The maximum atomic E-state index is 12.6. The van der Waals surface area contributed by atoms with Gasteiger partial charge < -0.3 is 9.32 Å². The number of aryl methyl sites for hydroxylation is 1. The van der Waals surface area contributed by atoms with Gasteiger partial charge in [0.1, 0.15) is 18.0 Å². The highest BCUT2D eigenvalue weighted by Gasteiger charge is 2.34. The van der Waals surface area contributed by atoms with Crippen molar-refractivity contribution in [2.24, 2.45) is 0 Å². The second kappa shape index (κ2) is 5.66. The maximum absolute atomic E-state index is 12.6. The van der Waals surface area contributed by atoms with E-state index in [2.05, 4.69) is 4.98 Å². The van der Waals surface area contributed by atoms with Crippen molar-refractivity contribution in [1.82, 2.24) is 9.88 Å². The van der Waals surface area contributed by atoms with E-state index >= 15 is 0 Å². The summed E-state index contributed by atoms with van der Waals surface area (Å²) in [5.74, 6) is -0.474. The van der Waals surface area contributed by atoms with Crippen LogP contribution in [-0.4, -0.2) is 28.5 Å². The SMILES string of the molecule is Cc1nc(C(=O)N(Cc2ccco2)CC(F)(F)F)cs1. The molecule has 0 saturated heterocycles. The predicted octanol–water partition coefficient (Wildman–Crippen LogP) is 3.25. The van der Waals surface area contributed by atoms with Gasteiger partial charge in [-0.2, -0.15) is 13.2 Å². The number of alkyl halides is 3. The Hall–Kier alpha value is -1.83. The van der Waals surface area contributed by atoms with Gasteiger partial charge >= 0.3 is 6.18 Å². The zero-order valence-electron chi connectivity index (χ0n) is 10.5. The van der Waals surface area contributed by atoms with Crippen LogP contribution in [0, 0.1) is 6.92 Å². The summed E-state index contributed by atoms with van der Waals surface area (Å²) in [6.07, 6.45) is -3.13. The topological polar surface area (TPSA) is 46.3 Å². The van der Waals surface area contributed by atoms with Gasteiger partial charge in [0.15, 0.2) is 0 Å². The molecule has 108 valence electrons. The van der Waals surface area contributed by atoms with E-state index in [4.69, 9.17) is 4.42 Å². The van der Waals surface area contributed by atoms with Crippen molar-refractivity contribution < 1.29 is 22.4 Å². The fraction of sp³-hybridized carbons (Fsp3) is 0.333. The number of hydrogen-bond donors (Lipinski definition) is 0. The summed E-state index contributed by atoms with van der Waals surface area (Å²) in [5.41, 5.74) is 0.0170. The monoisotopic (exact) mass is 304 g/mol. The minimum Gasteiger partial charge on any atom is -0.467 e. The molecule has 2 rings (SSSR count). The lowest BCUT2D eigenvalue weighted by molar-refractivity contribution is -0.142. The number of carbonyl (C=O) groups excluding carboxylic acids is 1. The molecule has 0 aromatic carbocycles. The fourth-order valence-electron chi connectivity index (χ4n) is 1.63. The highest BCUT2D eigenvalue weighted by molar-refractivity contribution is 7.09. The third-order valence-electron chi connectivity index (χ3n) is 2.42. The number of amides is 1. The summed E-state index contributed by atoms with van der Waals surface area (Å²) >= 11 is 1.21. The van der Waals surface area contributed by atoms with E-state index in [1.54, 1.807) is 13.0 Å². The number of aromatic nitrogens is 1. The second-order valence-corrected chi connectivity index (χ2v) is 5.17. The normalized spacial score (nSPS) is 11.6. The first-order chi connectivity index (χ1) is 9.35. The number of hydrogen-bond acceptors (Lipinski definition) is 4. The average molecular weight is 304 g/mol. The highest BCUT2D eigenvalue weighted by Crippen LogP contribution is 2.21. The molecular formula is C12H11F3N2O2S. The second-order valence-electron chi connectivity index (χ2n) is 4.11. The van der Waals surface area contributed by atoms with E-state index in [1.807, 2.05) is 0 Å². The summed E-state index contributed by atoms with van der Waals surface area (Å²) in [6.45, 7) is 0.0904. The van der Waals surface area contributed by atoms with Crippen molar-refractivity contribution in [1.29, 1.82) is 0 Å². The van der Waals surface area contributed by atoms with E-state index in [9.17, 15) is 18.0 Å². The number of carbonyl (C=O) groups is 1. The number of thiazole rings is 1. The Morgan fingerprint density at radius 3 is 2.75 bits per heavy atom. The van der Waals surface area contributed by atoms with Crippen LogP contribution in [0.1, 0.15) is 21.3 Å². The number of nitrogens with zero attached hydrogens (tertiary/aromatic N) is 2. The fourth-order valence-corrected chi connectivity index (χ4v) is 2.22. The molecule has 0 aliphatic heterocycles. The van der Waals surface area contributed by atoms with Crippen LogP contribution in [0.3, 0.4) is 0 Å².